The minimum absolute atomic E-state index is 0.165. The van der Waals surface area contributed by atoms with Crippen molar-refractivity contribution in [3.05, 3.63) is 60.2 Å². The summed E-state index contributed by atoms with van der Waals surface area (Å²) in [6.07, 6.45) is 0.392. The molecule has 22 heavy (non-hydrogen) atoms. The smallest absolute Gasteiger partial charge is 0.307 e. The molecule has 2 aromatic carbocycles. The SMILES string of the molecule is CCOC(=O)CCNCc1ccc(Oc2ccccc2)cc1. The third-order valence-corrected chi connectivity index (χ3v) is 3.04. The maximum atomic E-state index is 11.2. The Morgan fingerprint density at radius 3 is 2.36 bits per heavy atom. The topological polar surface area (TPSA) is 47.6 Å². The Labute approximate surface area is 131 Å². The molecule has 0 aliphatic carbocycles. The molecule has 0 radical (unpaired) electrons. The number of ether oxygens (including phenoxy) is 2. The zero-order valence-corrected chi connectivity index (χ0v) is 12.7. The lowest BCUT2D eigenvalue weighted by molar-refractivity contribution is -0.142. The first kappa shape index (κ1) is 16.0. The first-order valence-electron chi connectivity index (χ1n) is 7.46. The fraction of sp³-hybridized carbons (Fsp3) is 0.278. The van der Waals surface area contributed by atoms with Crippen LogP contribution in [0.25, 0.3) is 0 Å². The summed E-state index contributed by atoms with van der Waals surface area (Å²) in [6.45, 7) is 3.57. The van der Waals surface area contributed by atoms with Crippen LogP contribution >= 0.6 is 0 Å². The minimum atomic E-state index is -0.165. The van der Waals surface area contributed by atoms with E-state index in [2.05, 4.69) is 5.32 Å². The molecule has 0 unspecified atom stereocenters. The largest absolute Gasteiger partial charge is 0.466 e. The van der Waals surface area contributed by atoms with Crippen LogP contribution in [0.4, 0.5) is 0 Å². The van der Waals surface area contributed by atoms with Crippen LogP contribution in [0.3, 0.4) is 0 Å². The fourth-order valence-electron chi connectivity index (χ4n) is 1.96. The zero-order chi connectivity index (χ0) is 15.6. The molecule has 1 N–H and O–H groups in total. The van der Waals surface area contributed by atoms with Gasteiger partial charge in [0.25, 0.3) is 0 Å². The van der Waals surface area contributed by atoms with Crippen molar-refractivity contribution < 1.29 is 14.3 Å². The molecule has 0 saturated carbocycles. The Hall–Kier alpha value is -2.33. The third kappa shape index (κ3) is 5.58. The highest BCUT2D eigenvalue weighted by atomic mass is 16.5. The number of hydrogen-bond acceptors (Lipinski definition) is 4. The second-order valence-corrected chi connectivity index (χ2v) is 4.79. The Morgan fingerprint density at radius 1 is 1.00 bits per heavy atom. The van der Waals surface area contributed by atoms with Crippen molar-refractivity contribution in [3.8, 4) is 11.5 Å². The van der Waals surface area contributed by atoms with Gasteiger partial charge in [-0.3, -0.25) is 4.79 Å². The number of hydrogen-bond donors (Lipinski definition) is 1. The van der Waals surface area contributed by atoms with Crippen LogP contribution in [0.5, 0.6) is 11.5 Å². The van der Waals surface area contributed by atoms with Gasteiger partial charge < -0.3 is 14.8 Å². The number of rotatable bonds is 8. The van der Waals surface area contributed by atoms with Crippen LogP contribution in [0.15, 0.2) is 54.6 Å². The van der Waals surface area contributed by atoms with Gasteiger partial charge >= 0.3 is 5.97 Å². The molecule has 4 nitrogen and oxygen atoms in total. The van der Waals surface area contributed by atoms with Gasteiger partial charge in [0.15, 0.2) is 0 Å². The lowest BCUT2D eigenvalue weighted by atomic mass is 10.2. The average Bonchev–Trinajstić information content (AvgIpc) is 2.54. The predicted molar refractivity (Wildman–Crippen MR) is 85.9 cm³/mol. The van der Waals surface area contributed by atoms with Crippen LogP contribution < -0.4 is 10.1 Å². The van der Waals surface area contributed by atoms with Crippen molar-refractivity contribution in [2.45, 2.75) is 19.9 Å². The fourth-order valence-corrected chi connectivity index (χ4v) is 1.96. The minimum Gasteiger partial charge on any atom is -0.466 e. The summed E-state index contributed by atoms with van der Waals surface area (Å²) in [4.78, 5) is 11.2. The van der Waals surface area contributed by atoms with E-state index in [1.54, 1.807) is 0 Å². The number of carbonyl (C=O) groups excluding carboxylic acids is 1. The molecule has 0 aromatic heterocycles. The monoisotopic (exact) mass is 299 g/mol. The summed E-state index contributed by atoms with van der Waals surface area (Å²) in [7, 11) is 0. The van der Waals surface area contributed by atoms with E-state index in [4.69, 9.17) is 9.47 Å². The Balaban J connectivity index is 1.74. The summed E-state index contributed by atoms with van der Waals surface area (Å²) >= 11 is 0. The Bertz CT molecular complexity index is 567. The summed E-state index contributed by atoms with van der Waals surface area (Å²) in [5.74, 6) is 1.46. The lowest BCUT2D eigenvalue weighted by Crippen LogP contribution is -2.18. The highest BCUT2D eigenvalue weighted by Crippen LogP contribution is 2.20. The van der Waals surface area contributed by atoms with Crippen molar-refractivity contribution in [2.75, 3.05) is 13.2 Å². The van der Waals surface area contributed by atoms with Gasteiger partial charge in [0, 0.05) is 13.1 Å². The highest BCUT2D eigenvalue weighted by molar-refractivity contribution is 5.69. The quantitative estimate of drug-likeness (QED) is 0.598. The highest BCUT2D eigenvalue weighted by Gasteiger charge is 2.01. The number of esters is 1. The molecule has 0 fully saturated rings. The van der Waals surface area contributed by atoms with Crippen molar-refractivity contribution in [2.24, 2.45) is 0 Å². The maximum absolute atomic E-state index is 11.2. The van der Waals surface area contributed by atoms with Crippen molar-refractivity contribution in [3.63, 3.8) is 0 Å². The van der Waals surface area contributed by atoms with E-state index in [1.807, 2.05) is 61.5 Å². The molecule has 2 rings (SSSR count). The van der Waals surface area contributed by atoms with Crippen LogP contribution in [-0.2, 0) is 16.1 Å². The molecule has 4 heteroatoms. The first-order valence-corrected chi connectivity index (χ1v) is 7.46. The molecule has 116 valence electrons. The van der Waals surface area contributed by atoms with E-state index >= 15 is 0 Å². The number of para-hydroxylation sites is 1. The number of benzene rings is 2. The van der Waals surface area contributed by atoms with Gasteiger partial charge in [-0.05, 0) is 36.8 Å². The molecular weight excluding hydrogens is 278 g/mol. The molecule has 0 spiro atoms. The molecule has 0 aliphatic heterocycles. The van der Waals surface area contributed by atoms with E-state index in [0.717, 1.165) is 17.1 Å². The molecule has 0 saturated heterocycles. The van der Waals surface area contributed by atoms with Gasteiger partial charge in [-0.1, -0.05) is 30.3 Å². The molecule has 0 atom stereocenters. The van der Waals surface area contributed by atoms with Crippen LogP contribution in [0.1, 0.15) is 18.9 Å². The van der Waals surface area contributed by atoms with Gasteiger partial charge in [-0.2, -0.15) is 0 Å². The first-order chi connectivity index (χ1) is 10.8. The van der Waals surface area contributed by atoms with E-state index in [-0.39, 0.29) is 5.97 Å². The van der Waals surface area contributed by atoms with Crippen LogP contribution in [0.2, 0.25) is 0 Å². The molecule has 0 heterocycles. The lowest BCUT2D eigenvalue weighted by Gasteiger charge is -2.08. The number of carbonyl (C=O) groups is 1. The molecule has 0 bridgehead atoms. The molecule has 0 amide bonds. The van der Waals surface area contributed by atoms with Gasteiger partial charge in [0.1, 0.15) is 11.5 Å². The van der Waals surface area contributed by atoms with Crippen LogP contribution in [0, 0.1) is 0 Å². The summed E-state index contributed by atoms with van der Waals surface area (Å²) in [5.41, 5.74) is 1.14. The second-order valence-electron chi connectivity index (χ2n) is 4.79. The Morgan fingerprint density at radius 2 is 1.68 bits per heavy atom. The predicted octanol–water partition coefficient (Wildman–Crippen LogP) is 3.52. The maximum Gasteiger partial charge on any atom is 0.307 e. The summed E-state index contributed by atoms with van der Waals surface area (Å²) in [6, 6.07) is 17.6. The van der Waals surface area contributed by atoms with E-state index in [9.17, 15) is 4.79 Å². The van der Waals surface area contributed by atoms with Crippen molar-refractivity contribution in [1.82, 2.24) is 5.32 Å². The Kier molecular flexibility index (Phi) is 6.45. The van der Waals surface area contributed by atoms with Crippen molar-refractivity contribution >= 4 is 5.97 Å². The second kappa shape index (κ2) is 8.85. The standard InChI is InChI=1S/C18H21NO3/c1-2-21-18(20)12-13-19-14-15-8-10-17(11-9-15)22-16-6-4-3-5-7-16/h3-11,19H,2,12-14H2,1H3. The zero-order valence-electron chi connectivity index (χ0n) is 12.7. The van der Waals surface area contributed by atoms with Gasteiger partial charge in [-0.25, -0.2) is 0 Å². The third-order valence-electron chi connectivity index (χ3n) is 3.04. The van der Waals surface area contributed by atoms with E-state index < -0.39 is 0 Å². The van der Waals surface area contributed by atoms with Gasteiger partial charge in [0.2, 0.25) is 0 Å². The molecule has 2 aromatic rings. The molecular formula is C18H21NO3. The van der Waals surface area contributed by atoms with Gasteiger partial charge in [-0.15, -0.1) is 0 Å². The van der Waals surface area contributed by atoms with Crippen molar-refractivity contribution in [1.29, 1.82) is 0 Å². The normalized spacial score (nSPS) is 10.2. The summed E-state index contributed by atoms with van der Waals surface area (Å²) < 4.78 is 10.6. The average molecular weight is 299 g/mol. The van der Waals surface area contributed by atoms with Gasteiger partial charge in [0.05, 0.1) is 13.0 Å². The van der Waals surface area contributed by atoms with E-state index in [1.165, 1.54) is 0 Å². The summed E-state index contributed by atoms with van der Waals surface area (Å²) in [5, 5.41) is 3.22. The number of nitrogens with one attached hydrogen (secondary N) is 1. The van der Waals surface area contributed by atoms with E-state index in [0.29, 0.717) is 26.1 Å². The van der Waals surface area contributed by atoms with Crippen LogP contribution in [-0.4, -0.2) is 19.1 Å². The molecule has 0 aliphatic rings.